The minimum atomic E-state index is 0.0950. The van der Waals surface area contributed by atoms with E-state index in [2.05, 4.69) is 30.2 Å². The molecular formula is C17H24N6O2. The van der Waals surface area contributed by atoms with Gasteiger partial charge in [-0.05, 0) is 38.5 Å². The molecule has 1 atom stereocenters. The number of nitrogens with one attached hydrogen (secondary N) is 1. The van der Waals surface area contributed by atoms with Crippen molar-refractivity contribution < 1.29 is 9.42 Å². The van der Waals surface area contributed by atoms with Crippen LogP contribution in [0.5, 0.6) is 0 Å². The average Bonchev–Trinajstić information content (AvgIpc) is 2.88. The highest BCUT2D eigenvalue weighted by atomic mass is 16.6. The first kappa shape index (κ1) is 17.3. The van der Waals surface area contributed by atoms with Crippen LogP contribution in [0.2, 0.25) is 0 Å². The second kappa shape index (κ2) is 8.04. The molecule has 8 heteroatoms. The van der Waals surface area contributed by atoms with Crippen LogP contribution in [0.1, 0.15) is 36.3 Å². The lowest BCUT2D eigenvalue weighted by atomic mass is 9.95. The Morgan fingerprint density at radius 2 is 2.16 bits per heavy atom. The van der Waals surface area contributed by atoms with Gasteiger partial charge in [0.1, 0.15) is 17.2 Å². The van der Waals surface area contributed by atoms with Gasteiger partial charge in [0.05, 0.1) is 24.5 Å². The van der Waals surface area contributed by atoms with Gasteiger partial charge in [0.2, 0.25) is 5.91 Å². The van der Waals surface area contributed by atoms with E-state index in [9.17, 15) is 4.79 Å². The lowest BCUT2D eigenvalue weighted by molar-refractivity contribution is -0.130. The van der Waals surface area contributed by atoms with Crippen LogP contribution in [0, 0.1) is 12.8 Å². The number of aromatic nitrogens is 4. The predicted octanol–water partition coefficient (Wildman–Crippen LogP) is 1.62. The Morgan fingerprint density at radius 3 is 2.84 bits per heavy atom. The Balaban J connectivity index is 1.52. The van der Waals surface area contributed by atoms with Crippen molar-refractivity contribution in [2.75, 3.05) is 25.5 Å². The number of carbonyl (C=O) groups excluding carboxylic acids is 1. The van der Waals surface area contributed by atoms with Crippen LogP contribution in [0.25, 0.3) is 0 Å². The summed E-state index contributed by atoms with van der Waals surface area (Å²) in [5, 5.41) is 10.5. The maximum absolute atomic E-state index is 12.5. The van der Waals surface area contributed by atoms with Gasteiger partial charge in [0, 0.05) is 20.1 Å². The molecule has 0 spiro atoms. The Hall–Kier alpha value is -2.51. The lowest BCUT2D eigenvalue weighted by Crippen LogP contribution is -2.33. The largest absolute Gasteiger partial charge is 0.372 e. The second-order valence-corrected chi connectivity index (χ2v) is 6.50. The topological polar surface area (TPSA) is 97.0 Å². The molecule has 1 amide bonds. The second-order valence-electron chi connectivity index (χ2n) is 6.50. The maximum atomic E-state index is 12.5. The van der Waals surface area contributed by atoms with Gasteiger partial charge >= 0.3 is 0 Å². The molecule has 1 N–H and O–H groups in total. The van der Waals surface area contributed by atoms with E-state index in [0.29, 0.717) is 17.3 Å². The highest BCUT2D eigenvalue weighted by Crippen LogP contribution is 2.22. The van der Waals surface area contributed by atoms with E-state index in [1.165, 1.54) is 0 Å². The number of rotatable bonds is 5. The van der Waals surface area contributed by atoms with E-state index in [0.717, 1.165) is 50.3 Å². The van der Waals surface area contributed by atoms with E-state index in [1.54, 1.807) is 13.1 Å². The van der Waals surface area contributed by atoms with E-state index < -0.39 is 0 Å². The quantitative estimate of drug-likeness (QED) is 0.880. The van der Waals surface area contributed by atoms with Crippen molar-refractivity contribution in [1.29, 1.82) is 0 Å². The molecule has 0 radical (unpaired) electrons. The number of hydrogen-bond donors (Lipinski definition) is 1. The molecule has 1 aliphatic rings. The number of nitrogens with zero attached hydrogens (tertiary/aromatic N) is 5. The minimum Gasteiger partial charge on any atom is -0.372 e. The fourth-order valence-corrected chi connectivity index (χ4v) is 3.17. The third-order valence-corrected chi connectivity index (χ3v) is 4.72. The molecular weight excluding hydrogens is 320 g/mol. The summed E-state index contributed by atoms with van der Waals surface area (Å²) in [6, 6.07) is 0. The Labute approximate surface area is 147 Å². The first-order valence-electron chi connectivity index (χ1n) is 8.70. The molecule has 8 nitrogen and oxygen atoms in total. The van der Waals surface area contributed by atoms with Gasteiger partial charge < -0.3 is 10.2 Å². The molecule has 0 aromatic carbocycles. The minimum absolute atomic E-state index is 0.0950. The van der Waals surface area contributed by atoms with E-state index in [4.69, 9.17) is 0 Å². The summed E-state index contributed by atoms with van der Waals surface area (Å²) in [7, 11) is 1.83. The normalized spacial score (nSPS) is 18.0. The Bertz CT molecular complexity index is 699. The summed E-state index contributed by atoms with van der Waals surface area (Å²) < 4.78 is 4.67. The predicted molar refractivity (Wildman–Crippen MR) is 91.9 cm³/mol. The fourth-order valence-electron chi connectivity index (χ4n) is 3.17. The Kier molecular flexibility index (Phi) is 5.57. The smallest absolute Gasteiger partial charge is 0.228 e. The highest BCUT2D eigenvalue weighted by molar-refractivity contribution is 5.78. The number of anilines is 1. The van der Waals surface area contributed by atoms with E-state index in [1.807, 2.05) is 18.1 Å². The molecule has 3 heterocycles. The molecule has 0 saturated carbocycles. The number of amides is 1. The van der Waals surface area contributed by atoms with Crippen LogP contribution in [0.4, 0.5) is 5.82 Å². The maximum Gasteiger partial charge on any atom is 0.228 e. The van der Waals surface area contributed by atoms with Gasteiger partial charge in [0.25, 0.3) is 0 Å². The van der Waals surface area contributed by atoms with Crippen LogP contribution >= 0.6 is 0 Å². The van der Waals surface area contributed by atoms with Crippen LogP contribution in [-0.2, 0) is 17.6 Å². The van der Waals surface area contributed by atoms with Gasteiger partial charge in [-0.25, -0.2) is 9.61 Å². The number of aryl methyl sites for hydroxylation is 1. The van der Waals surface area contributed by atoms with Crippen molar-refractivity contribution >= 4 is 11.7 Å². The molecule has 25 heavy (non-hydrogen) atoms. The number of likely N-dealkylation sites (tertiary alicyclic amines) is 1. The monoisotopic (exact) mass is 344 g/mol. The SMILES string of the molecule is CNc1cnc(CC2CCCN(C(=O)Cc3nonc3C)CC2)cn1. The van der Waals surface area contributed by atoms with Gasteiger partial charge in [-0.2, -0.15) is 0 Å². The van der Waals surface area contributed by atoms with Crippen molar-refractivity contribution in [1.82, 2.24) is 25.2 Å². The third kappa shape index (κ3) is 4.52. The van der Waals surface area contributed by atoms with E-state index in [-0.39, 0.29) is 12.3 Å². The van der Waals surface area contributed by atoms with Crippen molar-refractivity contribution in [2.45, 2.75) is 39.0 Å². The molecule has 3 rings (SSSR count). The van der Waals surface area contributed by atoms with Gasteiger partial charge in [-0.1, -0.05) is 10.3 Å². The summed E-state index contributed by atoms with van der Waals surface area (Å²) in [6.45, 7) is 3.37. The fraction of sp³-hybridized carbons (Fsp3) is 0.588. The number of hydrogen-bond acceptors (Lipinski definition) is 7. The molecule has 134 valence electrons. The standard InChI is InChI=1S/C17H24N6O2/c1-12-15(22-25-21-12)9-17(24)23-6-3-4-13(5-7-23)8-14-10-20-16(18-2)11-19-14/h10-11,13H,3-9H2,1-2H3,(H,18,20). The first-order valence-corrected chi connectivity index (χ1v) is 8.70. The van der Waals surface area contributed by atoms with Crippen molar-refractivity contribution in [2.24, 2.45) is 5.92 Å². The van der Waals surface area contributed by atoms with Crippen LogP contribution in [0.15, 0.2) is 17.0 Å². The zero-order valence-corrected chi connectivity index (χ0v) is 14.7. The van der Waals surface area contributed by atoms with Crippen LogP contribution in [-0.4, -0.2) is 51.2 Å². The van der Waals surface area contributed by atoms with Crippen molar-refractivity contribution in [3.63, 3.8) is 0 Å². The molecule has 1 unspecified atom stereocenters. The molecule has 0 aliphatic carbocycles. The number of carbonyl (C=O) groups is 1. The van der Waals surface area contributed by atoms with Gasteiger partial charge in [-0.15, -0.1) is 0 Å². The third-order valence-electron chi connectivity index (χ3n) is 4.72. The molecule has 1 aliphatic heterocycles. The summed E-state index contributed by atoms with van der Waals surface area (Å²) in [5.74, 6) is 1.40. The zero-order valence-electron chi connectivity index (χ0n) is 14.7. The molecule has 1 fully saturated rings. The van der Waals surface area contributed by atoms with Crippen molar-refractivity contribution in [3.8, 4) is 0 Å². The van der Waals surface area contributed by atoms with Crippen molar-refractivity contribution in [3.05, 3.63) is 29.5 Å². The summed E-state index contributed by atoms with van der Waals surface area (Å²) in [4.78, 5) is 23.2. The Morgan fingerprint density at radius 1 is 1.28 bits per heavy atom. The molecule has 2 aromatic rings. The van der Waals surface area contributed by atoms with Gasteiger partial charge in [-0.3, -0.25) is 9.78 Å². The molecule has 1 saturated heterocycles. The molecule has 0 bridgehead atoms. The summed E-state index contributed by atoms with van der Waals surface area (Å²) >= 11 is 0. The summed E-state index contributed by atoms with van der Waals surface area (Å²) in [5.41, 5.74) is 2.32. The van der Waals surface area contributed by atoms with E-state index >= 15 is 0 Å². The summed E-state index contributed by atoms with van der Waals surface area (Å²) in [6.07, 6.45) is 7.86. The average molecular weight is 344 g/mol. The molecule has 2 aromatic heterocycles. The first-order chi connectivity index (χ1) is 12.2. The highest BCUT2D eigenvalue weighted by Gasteiger charge is 2.22. The zero-order chi connectivity index (χ0) is 17.6. The van der Waals surface area contributed by atoms with Crippen LogP contribution < -0.4 is 5.32 Å². The van der Waals surface area contributed by atoms with Crippen LogP contribution in [0.3, 0.4) is 0 Å². The lowest BCUT2D eigenvalue weighted by Gasteiger charge is -2.20. The van der Waals surface area contributed by atoms with Gasteiger partial charge in [0.15, 0.2) is 0 Å².